The van der Waals surface area contributed by atoms with Gasteiger partial charge < -0.3 is 10.1 Å². The van der Waals surface area contributed by atoms with Crippen molar-refractivity contribution >= 4 is 63.5 Å². The predicted molar refractivity (Wildman–Crippen MR) is 138 cm³/mol. The van der Waals surface area contributed by atoms with E-state index in [1.165, 1.54) is 0 Å². The summed E-state index contributed by atoms with van der Waals surface area (Å²) in [5, 5.41) is 13.3. The van der Waals surface area contributed by atoms with Crippen LogP contribution in [0.3, 0.4) is 0 Å². The number of ether oxygens (including phenoxy) is 1. The first-order valence-electron chi connectivity index (χ1n) is 9.63. The molecule has 0 heterocycles. The van der Waals surface area contributed by atoms with Gasteiger partial charge in [0.15, 0.2) is 0 Å². The summed E-state index contributed by atoms with van der Waals surface area (Å²) in [7, 11) is 0. The van der Waals surface area contributed by atoms with Crippen molar-refractivity contribution in [3.8, 4) is 11.8 Å². The van der Waals surface area contributed by atoms with Gasteiger partial charge in [-0.3, -0.25) is 4.79 Å². The van der Waals surface area contributed by atoms with Crippen molar-refractivity contribution in [3.05, 3.63) is 96.0 Å². The first-order valence-corrected chi connectivity index (χ1v) is 11.5. The van der Waals surface area contributed by atoms with Crippen LogP contribution in [0.4, 0.5) is 5.69 Å². The number of nitriles is 1. The van der Waals surface area contributed by atoms with Crippen molar-refractivity contribution in [1.29, 1.82) is 5.26 Å². The van der Waals surface area contributed by atoms with Crippen molar-refractivity contribution in [3.63, 3.8) is 0 Å². The number of carbonyl (C=O) groups is 1. The summed E-state index contributed by atoms with van der Waals surface area (Å²) in [6.07, 6.45) is 1.56. The molecule has 32 heavy (non-hydrogen) atoms. The van der Waals surface area contributed by atoms with Gasteiger partial charge in [-0.15, -0.1) is 0 Å². The topological polar surface area (TPSA) is 62.1 Å². The van der Waals surface area contributed by atoms with Gasteiger partial charge in [-0.05, 0) is 89.5 Å². The Hall–Kier alpha value is -2.53. The maximum absolute atomic E-state index is 12.6. The Bertz CT molecular complexity index is 1250. The Labute approximate surface area is 210 Å². The molecular weight excluding hydrogens is 558 g/mol. The van der Waals surface area contributed by atoms with Crippen molar-refractivity contribution < 1.29 is 9.53 Å². The molecule has 0 spiro atoms. The fraction of sp³-hybridized carbons (Fsp3) is 0.120. The number of rotatable bonds is 6. The molecular formula is C25H19Cl2IN2O2. The highest BCUT2D eigenvalue weighted by Crippen LogP contribution is 2.27. The number of nitrogens with zero attached hydrogens (tertiary/aromatic N) is 1. The number of benzene rings is 3. The van der Waals surface area contributed by atoms with Crippen LogP contribution in [-0.4, -0.2) is 5.91 Å². The third kappa shape index (κ3) is 6.26. The second kappa shape index (κ2) is 10.9. The molecule has 3 aromatic rings. The van der Waals surface area contributed by atoms with Crippen LogP contribution in [0.15, 0.2) is 60.2 Å². The van der Waals surface area contributed by atoms with E-state index < -0.39 is 5.91 Å². The van der Waals surface area contributed by atoms with Gasteiger partial charge in [0.05, 0.1) is 13.6 Å². The molecule has 0 radical (unpaired) electrons. The summed E-state index contributed by atoms with van der Waals surface area (Å²) in [4.78, 5) is 12.6. The number of amides is 1. The highest BCUT2D eigenvalue weighted by Gasteiger charge is 2.12. The fourth-order valence-corrected chi connectivity index (χ4v) is 3.99. The Morgan fingerprint density at radius 3 is 2.53 bits per heavy atom. The normalized spacial score (nSPS) is 11.1. The minimum absolute atomic E-state index is 0.0187. The Balaban J connectivity index is 1.72. The van der Waals surface area contributed by atoms with Crippen molar-refractivity contribution in [2.75, 3.05) is 5.32 Å². The highest BCUT2D eigenvalue weighted by atomic mass is 127. The summed E-state index contributed by atoms with van der Waals surface area (Å²) in [6.45, 7) is 4.24. The van der Waals surface area contributed by atoms with E-state index in [1.54, 1.807) is 24.3 Å². The van der Waals surface area contributed by atoms with E-state index in [4.69, 9.17) is 27.9 Å². The van der Waals surface area contributed by atoms with Crippen LogP contribution in [-0.2, 0) is 11.4 Å². The molecule has 162 valence electrons. The Morgan fingerprint density at radius 1 is 1.09 bits per heavy atom. The largest absolute Gasteiger partial charge is 0.488 e. The lowest BCUT2D eigenvalue weighted by Crippen LogP contribution is -2.14. The van der Waals surface area contributed by atoms with E-state index in [1.807, 2.05) is 56.3 Å². The van der Waals surface area contributed by atoms with Crippen LogP contribution in [0, 0.1) is 28.7 Å². The molecule has 0 saturated carbocycles. The minimum Gasteiger partial charge on any atom is -0.488 e. The van der Waals surface area contributed by atoms with Gasteiger partial charge in [-0.25, -0.2) is 0 Å². The first kappa shape index (κ1) is 24.1. The van der Waals surface area contributed by atoms with Gasteiger partial charge in [0, 0.05) is 5.69 Å². The number of aryl methyl sites for hydroxylation is 2. The SMILES string of the molecule is Cc1ccc(NC(=O)/C(C#N)=C/c2ccc(OCc3ccc(Cl)c(Cl)c3)c(I)c2)c(C)c1. The third-order valence-electron chi connectivity index (χ3n) is 4.64. The molecule has 1 N–H and O–H groups in total. The fourth-order valence-electron chi connectivity index (χ4n) is 2.97. The monoisotopic (exact) mass is 576 g/mol. The van der Waals surface area contributed by atoms with E-state index in [-0.39, 0.29) is 5.57 Å². The summed E-state index contributed by atoms with van der Waals surface area (Å²) >= 11 is 14.1. The minimum atomic E-state index is -0.450. The van der Waals surface area contributed by atoms with Crippen LogP contribution in [0.1, 0.15) is 22.3 Å². The van der Waals surface area contributed by atoms with Crippen LogP contribution >= 0.6 is 45.8 Å². The molecule has 0 aliphatic heterocycles. The zero-order chi connectivity index (χ0) is 23.3. The molecule has 3 aromatic carbocycles. The summed E-state index contributed by atoms with van der Waals surface area (Å²) in [6, 6.07) is 18.5. The number of halogens is 3. The van der Waals surface area contributed by atoms with Crippen molar-refractivity contribution in [2.45, 2.75) is 20.5 Å². The quantitative estimate of drug-likeness (QED) is 0.190. The summed E-state index contributed by atoms with van der Waals surface area (Å²) in [5.74, 6) is 0.237. The lowest BCUT2D eigenvalue weighted by molar-refractivity contribution is -0.112. The summed E-state index contributed by atoms with van der Waals surface area (Å²) in [5.41, 5.74) is 4.37. The Morgan fingerprint density at radius 2 is 1.88 bits per heavy atom. The second-order valence-electron chi connectivity index (χ2n) is 7.17. The number of hydrogen-bond acceptors (Lipinski definition) is 3. The van der Waals surface area contributed by atoms with E-state index in [0.29, 0.717) is 28.1 Å². The number of anilines is 1. The molecule has 1 amide bonds. The van der Waals surface area contributed by atoms with E-state index >= 15 is 0 Å². The molecule has 0 aromatic heterocycles. The number of hydrogen-bond donors (Lipinski definition) is 1. The standard InChI is InChI=1S/C25H19Cl2IN2O2/c1-15-3-7-23(16(2)9-15)30-25(31)19(13-29)10-17-5-8-24(22(28)12-17)32-14-18-4-6-20(26)21(27)11-18/h3-12H,14H2,1-2H3,(H,30,31)/b19-10+. The Kier molecular flexibility index (Phi) is 8.19. The zero-order valence-corrected chi connectivity index (χ0v) is 21.0. The molecule has 7 heteroatoms. The first-order chi connectivity index (χ1) is 15.3. The smallest absolute Gasteiger partial charge is 0.266 e. The molecule has 0 aliphatic carbocycles. The molecule has 4 nitrogen and oxygen atoms in total. The number of carbonyl (C=O) groups excluding carboxylic acids is 1. The lowest BCUT2D eigenvalue weighted by atomic mass is 10.1. The van der Waals surface area contributed by atoms with Gasteiger partial charge in [-0.1, -0.05) is 53.0 Å². The van der Waals surface area contributed by atoms with Crippen LogP contribution in [0.5, 0.6) is 5.75 Å². The molecule has 3 rings (SSSR count). The maximum atomic E-state index is 12.6. The van der Waals surface area contributed by atoms with Crippen molar-refractivity contribution in [2.24, 2.45) is 0 Å². The molecule has 0 bridgehead atoms. The van der Waals surface area contributed by atoms with Gasteiger partial charge in [0.1, 0.15) is 24.0 Å². The van der Waals surface area contributed by atoms with Gasteiger partial charge in [0.2, 0.25) is 0 Å². The van der Waals surface area contributed by atoms with E-state index in [0.717, 1.165) is 25.8 Å². The average molecular weight is 577 g/mol. The van der Waals surface area contributed by atoms with Crippen LogP contribution < -0.4 is 10.1 Å². The van der Waals surface area contributed by atoms with E-state index in [2.05, 4.69) is 27.9 Å². The zero-order valence-electron chi connectivity index (χ0n) is 17.4. The van der Waals surface area contributed by atoms with E-state index in [9.17, 15) is 10.1 Å². The third-order valence-corrected chi connectivity index (χ3v) is 6.22. The lowest BCUT2D eigenvalue weighted by Gasteiger charge is -2.10. The predicted octanol–water partition coefficient (Wildman–Crippen LogP) is 7.34. The molecule has 0 unspecified atom stereocenters. The second-order valence-corrected chi connectivity index (χ2v) is 9.15. The molecule has 0 aliphatic rings. The average Bonchev–Trinajstić information content (AvgIpc) is 2.75. The maximum Gasteiger partial charge on any atom is 0.266 e. The van der Waals surface area contributed by atoms with Crippen molar-refractivity contribution in [1.82, 2.24) is 0 Å². The molecule has 0 saturated heterocycles. The van der Waals surface area contributed by atoms with Gasteiger partial charge in [-0.2, -0.15) is 5.26 Å². The van der Waals surface area contributed by atoms with Crippen LogP contribution in [0.25, 0.3) is 6.08 Å². The summed E-state index contributed by atoms with van der Waals surface area (Å²) < 4.78 is 6.73. The van der Waals surface area contributed by atoms with Gasteiger partial charge in [0.25, 0.3) is 5.91 Å². The van der Waals surface area contributed by atoms with Crippen LogP contribution in [0.2, 0.25) is 10.0 Å². The molecule has 0 fully saturated rings. The highest BCUT2D eigenvalue weighted by molar-refractivity contribution is 14.1. The number of nitrogens with one attached hydrogen (secondary N) is 1. The van der Waals surface area contributed by atoms with Gasteiger partial charge >= 0.3 is 0 Å². The molecule has 0 atom stereocenters.